The van der Waals surface area contributed by atoms with Crippen LogP contribution in [0, 0.1) is 11.7 Å². The normalized spacial score (nSPS) is 17.1. The van der Waals surface area contributed by atoms with Gasteiger partial charge in [-0.05, 0) is 31.4 Å². The molecule has 1 aromatic carbocycles. The molecule has 2 atom stereocenters. The van der Waals surface area contributed by atoms with Crippen molar-refractivity contribution < 1.29 is 36.6 Å². The van der Waals surface area contributed by atoms with Gasteiger partial charge in [0.15, 0.2) is 0 Å². The second-order valence-corrected chi connectivity index (χ2v) is 9.60. The van der Waals surface area contributed by atoms with Crippen LogP contribution >= 0.6 is 23.4 Å². The number of carbonyl (C=O) groups is 2. The molecule has 1 aliphatic carbocycles. The number of esters is 2. The smallest absolute Gasteiger partial charge is 0.431 e. The van der Waals surface area contributed by atoms with Gasteiger partial charge >= 0.3 is 23.8 Å². The largest absolute Gasteiger partial charge is 0.466 e. The molecule has 196 valence electrons. The third-order valence-corrected chi connectivity index (χ3v) is 7.19. The van der Waals surface area contributed by atoms with E-state index >= 15 is 0 Å². The number of halogens is 5. The van der Waals surface area contributed by atoms with Crippen LogP contribution in [0.3, 0.4) is 0 Å². The fraction of sp³-hybridized carbons (Fsp3) is 0.455. The van der Waals surface area contributed by atoms with Gasteiger partial charge in [-0.3, -0.25) is 19.0 Å². The van der Waals surface area contributed by atoms with E-state index in [0.717, 1.165) is 19.2 Å². The topological polar surface area (TPSA) is 96.6 Å². The summed E-state index contributed by atoms with van der Waals surface area (Å²) in [6.45, 7) is 1.78. The first kappa shape index (κ1) is 27.8. The fourth-order valence-corrected chi connectivity index (χ4v) is 4.99. The van der Waals surface area contributed by atoms with Crippen LogP contribution in [0.5, 0.6) is 0 Å². The second kappa shape index (κ2) is 11.1. The molecule has 0 amide bonds. The zero-order valence-corrected chi connectivity index (χ0v) is 20.6. The number of hydrogen-bond acceptors (Lipinski definition) is 7. The molecule has 14 heteroatoms. The van der Waals surface area contributed by atoms with E-state index in [9.17, 15) is 36.7 Å². The van der Waals surface area contributed by atoms with E-state index < -0.39 is 46.6 Å². The lowest BCUT2D eigenvalue weighted by atomic mass is 10.3. The maximum absolute atomic E-state index is 14.6. The van der Waals surface area contributed by atoms with Gasteiger partial charge in [-0.15, -0.1) is 11.8 Å². The predicted octanol–water partition coefficient (Wildman–Crippen LogP) is 3.71. The molecule has 3 rings (SSSR count). The van der Waals surface area contributed by atoms with Crippen molar-refractivity contribution in [3.63, 3.8) is 0 Å². The minimum atomic E-state index is -4.95. The molecule has 0 spiro atoms. The number of aromatic nitrogens is 2. The average Bonchev–Trinajstić information content (AvgIpc) is 3.50. The third kappa shape index (κ3) is 6.49. The minimum Gasteiger partial charge on any atom is -0.466 e. The highest BCUT2D eigenvalue weighted by atomic mass is 35.5. The maximum Gasteiger partial charge on any atom is 0.431 e. The lowest BCUT2D eigenvalue weighted by Gasteiger charge is -2.15. The van der Waals surface area contributed by atoms with Crippen molar-refractivity contribution in [1.29, 1.82) is 0 Å². The second-order valence-electron chi connectivity index (χ2n) is 7.91. The number of nitrogens with zero attached hydrogens (tertiary/aromatic N) is 2. The molecule has 2 unspecified atom stereocenters. The summed E-state index contributed by atoms with van der Waals surface area (Å²) in [5.41, 5.74) is -4.73. The molecular weight excluding hydrogens is 532 g/mol. The van der Waals surface area contributed by atoms with Crippen molar-refractivity contribution in [3.8, 4) is 5.69 Å². The summed E-state index contributed by atoms with van der Waals surface area (Å²) < 4.78 is 64.2. The van der Waals surface area contributed by atoms with Gasteiger partial charge in [-0.25, -0.2) is 13.8 Å². The van der Waals surface area contributed by atoms with Crippen LogP contribution in [0.25, 0.3) is 5.69 Å². The van der Waals surface area contributed by atoms with Gasteiger partial charge in [0.1, 0.15) is 18.1 Å². The molecule has 1 fully saturated rings. The van der Waals surface area contributed by atoms with Crippen molar-refractivity contribution in [2.45, 2.75) is 42.5 Å². The highest BCUT2D eigenvalue weighted by molar-refractivity contribution is 8.00. The summed E-state index contributed by atoms with van der Waals surface area (Å²) in [5, 5.41) is -0.133. The van der Waals surface area contributed by atoms with Crippen LogP contribution in [-0.4, -0.2) is 39.5 Å². The predicted molar refractivity (Wildman–Crippen MR) is 122 cm³/mol. The molecule has 1 aliphatic rings. The van der Waals surface area contributed by atoms with Crippen molar-refractivity contribution >= 4 is 35.3 Å². The van der Waals surface area contributed by atoms with Gasteiger partial charge in [0.05, 0.1) is 23.7 Å². The Hall–Kier alpha value is -2.80. The Bertz CT molecular complexity index is 1290. The van der Waals surface area contributed by atoms with Crippen LogP contribution in [0.1, 0.15) is 31.9 Å². The Morgan fingerprint density at radius 2 is 1.86 bits per heavy atom. The van der Waals surface area contributed by atoms with E-state index in [1.165, 1.54) is 11.8 Å². The summed E-state index contributed by atoms with van der Waals surface area (Å²) >= 11 is 7.30. The van der Waals surface area contributed by atoms with Crippen LogP contribution in [0.4, 0.5) is 17.6 Å². The Labute approximate surface area is 211 Å². The molecule has 1 aromatic heterocycles. The van der Waals surface area contributed by atoms with Crippen molar-refractivity contribution in [3.05, 3.63) is 55.6 Å². The molecule has 8 nitrogen and oxygen atoms in total. The Balaban J connectivity index is 1.73. The van der Waals surface area contributed by atoms with E-state index in [4.69, 9.17) is 21.1 Å². The summed E-state index contributed by atoms with van der Waals surface area (Å²) in [7, 11) is 0.825. The number of ether oxygens (including phenoxy) is 2. The van der Waals surface area contributed by atoms with Crippen molar-refractivity contribution in [1.82, 2.24) is 9.13 Å². The maximum atomic E-state index is 14.6. The van der Waals surface area contributed by atoms with Crippen molar-refractivity contribution in [2.75, 3.05) is 13.2 Å². The molecule has 36 heavy (non-hydrogen) atoms. The SMILES string of the molecule is CCOC(=O)CCOC(=O)CC1CC1Sc1cc(-n2c(=O)cc(C(F)(F)F)n(C)c2=O)c(F)cc1Cl. The summed E-state index contributed by atoms with van der Waals surface area (Å²) in [4.78, 5) is 48.4. The summed E-state index contributed by atoms with van der Waals surface area (Å²) in [5.74, 6) is -2.14. The monoisotopic (exact) mass is 552 g/mol. The Morgan fingerprint density at radius 1 is 1.17 bits per heavy atom. The lowest BCUT2D eigenvalue weighted by molar-refractivity contribution is -0.149. The number of hydrogen-bond donors (Lipinski definition) is 0. The van der Waals surface area contributed by atoms with E-state index in [-0.39, 0.29) is 57.8 Å². The van der Waals surface area contributed by atoms with Crippen LogP contribution < -0.4 is 11.2 Å². The summed E-state index contributed by atoms with van der Waals surface area (Å²) in [6, 6.07) is 2.20. The zero-order chi connectivity index (χ0) is 26.8. The van der Waals surface area contributed by atoms with Crippen LogP contribution in [0.2, 0.25) is 5.02 Å². The number of rotatable bonds is 9. The molecule has 1 saturated carbocycles. The molecule has 0 saturated heterocycles. The third-order valence-electron chi connectivity index (χ3n) is 5.29. The van der Waals surface area contributed by atoms with Crippen molar-refractivity contribution in [2.24, 2.45) is 13.0 Å². The first-order chi connectivity index (χ1) is 16.8. The molecule has 2 aromatic rings. The Morgan fingerprint density at radius 3 is 2.50 bits per heavy atom. The standard InChI is InChI=1S/C22H21ClF4N2O6S/c1-3-34-19(31)4-5-35-20(32)7-11-6-15(11)36-16-9-14(13(24)8-12(16)23)29-18(30)10-17(22(25,26)27)28(2)21(29)33/h8-11,15H,3-7H2,1-2H3. The first-order valence-corrected chi connectivity index (χ1v) is 12.0. The molecule has 0 radical (unpaired) electrons. The minimum absolute atomic E-state index is 0.0271. The molecular formula is C22H21ClF4N2O6S. The number of carbonyl (C=O) groups excluding carboxylic acids is 2. The molecule has 0 aliphatic heterocycles. The molecule has 0 bridgehead atoms. The first-order valence-electron chi connectivity index (χ1n) is 10.7. The van der Waals surface area contributed by atoms with Gasteiger partial charge < -0.3 is 9.47 Å². The van der Waals surface area contributed by atoms with E-state index in [1.807, 2.05) is 0 Å². The van der Waals surface area contributed by atoms with Crippen LogP contribution in [-0.2, 0) is 32.3 Å². The molecule has 0 N–H and O–H groups in total. The van der Waals surface area contributed by atoms with E-state index in [2.05, 4.69) is 0 Å². The fourth-order valence-electron chi connectivity index (χ4n) is 3.40. The van der Waals surface area contributed by atoms with Crippen LogP contribution in [0.15, 0.2) is 32.7 Å². The van der Waals surface area contributed by atoms with E-state index in [0.29, 0.717) is 11.0 Å². The lowest BCUT2D eigenvalue weighted by Crippen LogP contribution is -2.41. The Kier molecular flexibility index (Phi) is 8.55. The quantitative estimate of drug-likeness (QED) is 0.345. The highest BCUT2D eigenvalue weighted by Gasteiger charge is 2.40. The van der Waals surface area contributed by atoms with E-state index in [1.54, 1.807) is 6.92 Å². The van der Waals surface area contributed by atoms with Gasteiger partial charge in [0.25, 0.3) is 5.56 Å². The highest BCUT2D eigenvalue weighted by Crippen LogP contribution is 2.49. The molecule has 1 heterocycles. The van der Waals surface area contributed by atoms with Gasteiger partial charge in [0, 0.05) is 29.7 Å². The number of benzene rings is 1. The number of thioether (sulfide) groups is 1. The van der Waals surface area contributed by atoms with Gasteiger partial charge in [0.2, 0.25) is 0 Å². The summed E-state index contributed by atoms with van der Waals surface area (Å²) in [6.07, 6.45) is -4.33. The van der Waals surface area contributed by atoms with Gasteiger partial charge in [-0.2, -0.15) is 13.2 Å². The van der Waals surface area contributed by atoms with Gasteiger partial charge in [-0.1, -0.05) is 11.6 Å². The zero-order valence-electron chi connectivity index (χ0n) is 19.1. The number of alkyl halides is 3. The average molecular weight is 553 g/mol.